The predicted molar refractivity (Wildman–Crippen MR) is 47.0 cm³/mol. The van der Waals surface area contributed by atoms with E-state index in [0.29, 0.717) is 5.57 Å². The number of hydrogen-bond donors (Lipinski definition) is 1. The van der Waals surface area contributed by atoms with Crippen LogP contribution in [0.1, 0.15) is 13.3 Å². The van der Waals surface area contributed by atoms with Crippen LogP contribution < -0.4 is 56.7 Å². The van der Waals surface area contributed by atoms with Crippen LogP contribution in [0.25, 0.3) is 0 Å². The summed E-state index contributed by atoms with van der Waals surface area (Å²) in [6, 6.07) is 0. The Morgan fingerprint density at radius 3 is 2.36 bits per heavy atom. The van der Waals surface area contributed by atoms with Gasteiger partial charge in [-0.3, -0.25) is 4.79 Å². The van der Waals surface area contributed by atoms with Gasteiger partial charge in [-0.15, -0.1) is 0 Å². The van der Waals surface area contributed by atoms with E-state index in [1.807, 2.05) is 0 Å². The van der Waals surface area contributed by atoms with Crippen molar-refractivity contribution in [1.29, 1.82) is 0 Å². The molecule has 76 valence electrons. The summed E-state index contributed by atoms with van der Waals surface area (Å²) in [5, 5.41) is 2.41. The Hall–Kier alpha value is 0.756. The summed E-state index contributed by atoms with van der Waals surface area (Å²) in [5.41, 5.74) is 0.352. The van der Waals surface area contributed by atoms with Crippen molar-refractivity contribution >= 4 is 16.0 Å². The molecular weight excluding hydrogens is 233 g/mol. The maximum absolute atomic E-state index is 10.8. The Kier molecular flexibility index (Phi) is 9.77. The fourth-order valence-corrected chi connectivity index (χ4v) is 1.10. The van der Waals surface area contributed by atoms with Gasteiger partial charge in [-0.05, 0) is 13.3 Å². The second-order valence-corrected chi connectivity index (χ2v) is 4.18. The number of hydrogen-bond acceptors (Lipinski definition) is 4. The smallest absolute Gasteiger partial charge is 0.748 e. The van der Waals surface area contributed by atoms with Crippen LogP contribution in [0, 0.1) is 0 Å². The van der Waals surface area contributed by atoms with Gasteiger partial charge in [-0.2, -0.15) is 0 Å². The van der Waals surface area contributed by atoms with Crippen LogP contribution in [0.4, 0.5) is 0 Å². The first-order valence-electron chi connectivity index (χ1n) is 3.70. The summed E-state index contributed by atoms with van der Waals surface area (Å²) in [6.45, 7) is 5.11. The summed E-state index contributed by atoms with van der Waals surface area (Å²) < 4.78 is 30.4. The number of amides is 1. The first-order chi connectivity index (χ1) is 5.83. The van der Waals surface area contributed by atoms with Gasteiger partial charge in [0.2, 0.25) is 5.91 Å². The molecule has 0 aromatic carbocycles. The van der Waals surface area contributed by atoms with E-state index in [4.69, 9.17) is 0 Å². The van der Waals surface area contributed by atoms with Crippen molar-refractivity contribution in [2.75, 3.05) is 12.3 Å². The third-order valence-electron chi connectivity index (χ3n) is 1.24. The number of nitrogens with one attached hydrogen (secondary N) is 1. The van der Waals surface area contributed by atoms with Gasteiger partial charge in [-0.25, -0.2) is 8.42 Å². The zero-order chi connectivity index (χ0) is 10.5. The molecule has 14 heavy (non-hydrogen) atoms. The van der Waals surface area contributed by atoms with Crippen LogP contribution in [0.2, 0.25) is 0 Å². The molecule has 0 rings (SSSR count). The molecule has 0 saturated heterocycles. The van der Waals surface area contributed by atoms with Crippen LogP contribution in [-0.4, -0.2) is 31.2 Å². The third kappa shape index (κ3) is 10.8. The van der Waals surface area contributed by atoms with Crippen molar-refractivity contribution in [3.63, 3.8) is 0 Å². The molecule has 0 aliphatic heterocycles. The molecule has 0 saturated carbocycles. The van der Waals surface area contributed by atoms with Gasteiger partial charge in [0.15, 0.2) is 0 Å². The zero-order valence-electron chi connectivity index (χ0n) is 8.37. The molecule has 1 amide bonds. The van der Waals surface area contributed by atoms with Crippen molar-refractivity contribution in [3.8, 4) is 0 Å². The average molecular weight is 245 g/mol. The monoisotopic (exact) mass is 245 g/mol. The van der Waals surface area contributed by atoms with E-state index in [1.165, 1.54) is 0 Å². The fraction of sp³-hybridized carbons (Fsp3) is 0.571. The second kappa shape index (κ2) is 7.97. The molecule has 0 aliphatic carbocycles. The minimum absolute atomic E-state index is 0. The van der Waals surface area contributed by atoms with E-state index < -0.39 is 15.9 Å². The Labute approximate surface area is 127 Å². The molecule has 0 atom stereocenters. The quantitative estimate of drug-likeness (QED) is 0.237. The Bertz CT molecular complexity index is 299. The Morgan fingerprint density at radius 2 is 2.00 bits per heavy atom. The van der Waals surface area contributed by atoms with Crippen LogP contribution in [0.3, 0.4) is 0 Å². The van der Waals surface area contributed by atoms with Gasteiger partial charge < -0.3 is 9.87 Å². The predicted octanol–water partition coefficient (Wildman–Crippen LogP) is -3.38. The minimum atomic E-state index is -4.17. The molecule has 0 fully saturated rings. The average Bonchev–Trinajstić information content (AvgIpc) is 1.95. The minimum Gasteiger partial charge on any atom is -0.748 e. The molecule has 0 spiro atoms. The molecule has 7 heteroatoms. The van der Waals surface area contributed by atoms with E-state index in [-0.39, 0.29) is 70.3 Å². The molecule has 0 aromatic heterocycles. The summed E-state index contributed by atoms with van der Waals surface area (Å²) in [5.74, 6) is -0.785. The van der Waals surface area contributed by atoms with Crippen molar-refractivity contribution in [1.82, 2.24) is 5.32 Å². The van der Waals surface area contributed by atoms with Crippen molar-refractivity contribution in [2.45, 2.75) is 13.3 Å². The maximum Gasteiger partial charge on any atom is 1.00 e. The van der Waals surface area contributed by atoms with Crippen LogP contribution >= 0.6 is 0 Å². The molecule has 0 aromatic rings. The number of carbonyl (C=O) groups is 1. The van der Waals surface area contributed by atoms with Gasteiger partial charge in [0, 0.05) is 17.9 Å². The normalized spacial score (nSPS) is 10.1. The molecule has 5 nitrogen and oxygen atoms in total. The summed E-state index contributed by atoms with van der Waals surface area (Å²) >= 11 is 0. The fourth-order valence-electron chi connectivity index (χ4n) is 0.602. The van der Waals surface area contributed by atoms with E-state index in [0.717, 1.165) is 0 Å². The molecule has 1 N–H and O–H groups in total. The van der Waals surface area contributed by atoms with Gasteiger partial charge in [-0.1, -0.05) is 6.58 Å². The van der Waals surface area contributed by atoms with Gasteiger partial charge >= 0.3 is 51.4 Å². The molecule has 0 aliphatic rings. The standard InChI is InChI=1S/C7H13NO4S.K/c1-6(2)7(9)8-4-3-5-13(10,11)12;/h1,3-5H2,2H3,(H,8,9)(H,10,11,12);/q;+1/p-1. The number of carbonyl (C=O) groups excluding carboxylic acids is 1. The third-order valence-corrected chi connectivity index (χ3v) is 2.03. The van der Waals surface area contributed by atoms with E-state index >= 15 is 0 Å². The van der Waals surface area contributed by atoms with Crippen molar-refractivity contribution < 1.29 is 69.1 Å². The van der Waals surface area contributed by atoms with E-state index in [2.05, 4.69) is 11.9 Å². The molecular formula is C7H12KNO4S. The SMILES string of the molecule is C=C(C)C(=O)NCCCS(=O)(=O)[O-].[K+]. The maximum atomic E-state index is 10.8. The van der Waals surface area contributed by atoms with Crippen LogP contribution in [0.15, 0.2) is 12.2 Å². The first-order valence-corrected chi connectivity index (χ1v) is 5.28. The van der Waals surface area contributed by atoms with Gasteiger partial charge in [0.05, 0.1) is 10.1 Å². The number of rotatable bonds is 5. The second-order valence-electron chi connectivity index (χ2n) is 2.65. The van der Waals surface area contributed by atoms with Gasteiger partial charge in [0.1, 0.15) is 0 Å². The van der Waals surface area contributed by atoms with Crippen molar-refractivity contribution in [2.24, 2.45) is 0 Å². The molecule has 0 bridgehead atoms. The topological polar surface area (TPSA) is 86.3 Å². The first kappa shape index (κ1) is 17.2. The van der Waals surface area contributed by atoms with Gasteiger partial charge in [0.25, 0.3) is 0 Å². The largest absolute Gasteiger partial charge is 1.00 e. The van der Waals surface area contributed by atoms with E-state index in [9.17, 15) is 17.8 Å². The van der Waals surface area contributed by atoms with Crippen molar-refractivity contribution in [3.05, 3.63) is 12.2 Å². The van der Waals surface area contributed by atoms with E-state index in [1.54, 1.807) is 6.92 Å². The van der Waals surface area contributed by atoms with Crippen LogP contribution in [0.5, 0.6) is 0 Å². The summed E-state index contributed by atoms with van der Waals surface area (Å²) in [4.78, 5) is 10.8. The Morgan fingerprint density at radius 1 is 1.50 bits per heavy atom. The Balaban J connectivity index is 0. The molecule has 0 unspecified atom stereocenters. The molecule has 0 radical (unpaired) electrons. The summed E-state index contributed by atoms with van der Waals surface area (Å²) in [6.07, 6.45) is 0.130. The van der Waals surface area contributed by atoms with Crippen LogP contribution in [-0.2, 0) is 14.9 Å². The zero-order valence-corrected chi connectivity index (χ0v) is 12.3. The summed E-state index contributed by atoms with van der Waals surface area (Å²) in [7, 11) is -4.17. The molecule has 0 heterocycles.